The highest BCUT2D eigenvalue weighted by atomic mass is 16.2. The normalized spacial score (nSPS) is 22.6. The summed E-state index contributed by atoms with van der Waals surface area (Å²) in [6, 6.07) is 20.3. The first-order valence-electron chi connectivity index (χ1n) is 12.6. The quantitative estimate of drug-likeness (QED) is 0.703. The summed E-state index contributed by atoms with van der Waals surface area (Å²) in [4.78, 5) is 20.0. The number of rotatable bonds is 5. The predicted octanol–water partition coefficient (Wildman–Crippen LogP) is 4.38. The van der Waals surface area contributed by atoms with Gasteiger partial charge in [0.2, 0.25) is 5.91 Å². The summed E-state index contributed by atoms with van der Waals surface area (Å²) >= 11 is 0. The minimum atomic E-state index is 0.365. The lowest BCUT2D eigenvalue weighted by atomic mass is 9.85. The van der Waals surface area contributed by atoms with E-state index in [-0.39, 0.29) is 0 Å². The Balaban J connectivity index is 1.02. The molecular formula is C28H37N3O. The largest absolute Gasteiger partial charge is 0.368 e. The molecule has 2 saturated heterocycles. The van der Waals surface area contributed by atoms with E-state index < -0.39 is 0 Å². The Bertz CT molecular complexity index is 883. The van der Waals surface area contributed by atoms with Gasteiger partial charge in [-0.15, -0.1) is 0 Å². The van der Waals surface area contributed by atoms with Crippen molar-refractivity contribution in [1.29, 1.82) is 0 Å². The number of anilines is 1. The fourth-order valence-electron chi connectivity index (χ4n) is 5.94. The number of piperidine rings is 1. The van der Waals surface area contributed by atoms with Crippen molar-refractivity contribution in [3.8, 4) is 0 Å². The van der Waals surface area contributed by atoms with Crippen LogP contribution in [0.3, 0.4) is 0 Å². The highest BCUT2D eigenvalue weighted by Gasteiger charge is 2.29. The molecule has 1 amide bonds. The SMILES string of the molecule is O=C(CCC1CCN(C2CCc3ccccc3C2)CC1)N1CCN(c2ccccc2)CC1. The molecule has 0 N–H and O–H groups in total. The fraction of sp³-hybridized carbons (Fsp3) is 0.536. The van der Waals surface area contributed by atoms with Crippen molar-refractivity contribution in [3.63, 3.8) is 0 Å². The van der Waals surface area contributed by atoms with Crippen molar-refractivity contribution in [3.05, 3.63) is 65.7 Å². The van der Waals surface area contributed by atoms with Crippen LogP contribution in [0.1, 0.15) is 43.2 Å². The summed E-state index contributed by atoms with van der Waals surface area (Å²) in [6.45, 7) is 6.02. The van der Waals surface area contributed by atoms with Crippen molar-refractivity contribution in [2.75, 3.05) is 44.2 Å². The molecule has 3 aliphatic rings. The number of carbonyl (C=O) groups excluding carboxylic acids is 1. The Morgan fingerprint density at radius 3 is 2.22 bits per heavy atom. The van der Waals surface area contributed by atoms with Gasteiger partial charge < -0.3 is 14.7 Å². The van der Waals surface area contributed by atoms with Crippen molar-refractivity contribution >= 4 is 11.6 Å². The summed E-state index contributed by atoms with van der Waals surface area (Å²) in [6.07, 6.45) is 8.06. The minimum absolute atomic E-state index is 0.365. The number of hydrogen-bond donors (Lipinski definition) is 0. The molecule has 0 aromatic heterocycles. The molecule has 2 aromatic carbocycles. The average Bonchev–Trinajstić information content (AvgIpc) is 2.88. The van der Waals surface area contributed by atoms with Gasteiger partial charge in [-0.05, 0) is 80.8 Å². The average molecular weight is 432 g/mol. The summed E-state index contributed by atoms with van der Waals surface area (Å²) in [5.41, 5.74) is 4.39. The maximum absolute atomic E-state index is 12.8. The molecule has 32 heavy (non-hydrogen) atoms. The molecule has 2 aliphatic heterocycles. The van der Waals surface area contributed by atoms with Crippen LogP contribution in [-0.4, -0.2) is 61.0 Å². The molecule has 170 valence electrons. The molecule has 0 spiro atoms. The molecular weight excluding hydrogens is 394 g/mol. The van der Waals surface area contributed by atoms with Gasteiger partial charge in [-0.25, -0.2) is 0 Å². The van der Waals surface area contributed by atoms with Gasteiger partial charge in [0.05, 0.1) is 0 Å². The third-order valence-electron chi connectivity index (χ3n) is 8.01. The van der Waals surface area contributed by atoms with Gasteiger partial charge in [-0.1, -0.05) is 42.5 Å². The summed E-state index contributed by atoms with van der Waals surface area (Å²) in [5.74, 6) is 1.08. The maximum atomic E-state index is 12.8. The zero-order chi connectivity index (χ0) is 21.8. The second-order valence-electron chi connectivity index (χ2n) is 9.89. The van der Waals surface area contributed by atoms with Crippen LogP contribution in [0.5, 0.6) is 0 Å². The Morgan fingerprint density at radius 2 is 1.47 bits per heavy atom. The van der Waals surface area contributed by atoms with Gasteiger partial charge in [0, 0.05) is 44.3 Å². The predicted molar refractivity (Wildman–Crippen MR) is 131 cm³/mol. The molecule has 1 atom stereocenters. The van der Waals surface area contributed by atoms with E-state index >= 15 is 0 Å². The molecule has 0 bridgehead atoms. The van der Waals surface area contributed by atoms with Crippen LogP contribution in [0.2, 0.25) is 0 Å². The van der Waals surface area contributed by atoms with E-state index in [1.54, 1.807) is 11.1 Å². The molecule has 4 heteroatoms. The van der Waals surface area contributed by atoms with Gasteiger partial charge in [0.1, 0.15) is 0 Å². The van der Waals surface area contributed by atoms with Crippen LogP contribution in [0.15, 0.2) is 54.6 Å². The topological polar surface area (TPSA) is 26.8 Å². The summed E-state index contributed by atoms with van der Waals surface area (Å²) in [5, 5.41) is 0. The monoisotopic (exact) mass is 431 g/mol. The van der Waals surface area contributed by atoms with Crippen LogP contribution in [0.4, 0.5) is 5.69 Å². The van der Waals surface area contributed by atoms with Gasteiger partial charge in [-0.2, -0.15) is 0 Å². The number of aryl methyl sites for hydroxylation is 1. The third kappa shape index (κ3) is 5.01. The van der Waals surface area contributed by atoms with E-state index in [2.05, 4.69) is 69.3 Å². The summed E-state index contributed by atoms with van der Waals surface area (Å²) in [7, 11) is 0. The Labute approximate surface area is 193 Å². The highest BCUT2D eigenvalue weighted by molar-refractivity contribution is 5.76. The van der Waals surface area contributed by atoms with E-state index in [1.807, 2.05) is 0 Å². The van der Waals surface area contributed by atoms with E-state index in [1.165, 1.54) is 50.9 Å². The zero-order valence-electron chi connectivity index (χ0n) is 19.3. The smallest absolute Gasteiger partial charge is 0.222 e. The van der Waals surface area contributed by atoms with Crippen LogP contribution >= 0.6 is 0 Å². The first-order valence-corrected chi connectivity index (χ1v) is 12.6. The first-order chi connectivity index (χ1) is 15.8. The second kappa shape index (κ2) is 10.1. The number of benzene rings is 2. The number of para-hydroxylation sites is 1. The van der Waals surface area contributed by atoms with E-state index in [0.29, 0.717) is 11.9 Å². The van der Waals surface area contributed by atoms with Crippen LogP contribution in [0.25, 0.3) is 0 Å². The van der Waals surface area contributed by atoms with Gasteiger partial charge in [0.25, 0.3) is 0 Å². The van der Waals surface area contributed by atoms with Crippen LogP contribution in [-0.2, 0) is 17.6 Å². The number of piperazine rings is 1. The number of likely N-dealkylation sites (tertiary alicyclic amines) is 1. The molecule has 2 aromatic rings. The van der Waals surface area contributed by atoms with Crippen LogP contribution in [0, 0.1) is 5.92 Å². The third-order valence-corrected chi connectivity index (χ3v) is 8.01. The number of nitrogens with zero attached hydrogens (tertiary/aromatic N) is 3. The maximum Gasteiger partial charge on any atom is 0.222 e. The Morgan fingerprint density at radius 1 is 0.781 bits per heavy atom. The molecule has 1 unspecified atom stereocenters. The lowest BCUT2D eigenvalue weighted by molar-refractivity contribution is -0.131. The lowest BCUT2D eigenvalue weighted by Crippen LogP contribution is -2.49. The van der Waals surface area contributed by atoms with E-state index in [9.17, 15) is 4.79 Å². The number of amides is 1. The van der Waals surface area contributed by atoms with Crippen molar-refractivity contribution in [2.24, 2.45) is 5.92 Å². The van der Waals surface area contributed by atoms with Crippen LogP contribution < -0.4 is 4.90 Å². The van der Waals surface area contributed by atoms with Gasteiger partial charge in [0.15, 0.2) is 0 Å². The number of fused-ring (bicyclic) bond motifs is 1. The highest BCUT2D eigenvalue weighted by Crippen LogP contribution is 2.29. The second-order valence-corrected chi connectivity index (χ2v) is 9.89. The van der Waals surface area contributed by atoms with Crippen molar-refractivity contribution in [1.82, 2.24) is 9.80 Å². The molecule has 0 radical (unpaired) electrons. The standard InChI is InChI=1S/C28H37N3O/c32-28(31-20-18-30(19-21-31)26-8-2-1-3-9-26)13-10-23-14-16-29(17-15-23)27-12-11-24-6-4-5-7-25(24)22-27/h1-9,23,27H,10-22H2. The number of carbonyl (C=O) groups is 1. The van der Waals surface area contributed by atoms with Crippen molar-refractivity contribution < 1.29 is 4.79 Å². The molecule has 4 nitrogen and oxygen atoms in total. The molecule has 5 rings (SSSR count). The molecule has 0 saturated carbocycles. The molecule has 2 fully saturated rings. The van der Waals surface area contributed by atoms with E-state index in [0.717, 1.165) is 44.9 Å². The van der Waals surface area contributed by atoms with Gasteiger partial charge in [-0.3, -0.25) is 4.79 Å². The summed E-state index contributed by atoms with van der Waals surface area (Å²) < 4.78 is 0. The molecule has 1 aliphatic carbocycles. The Kier molecular flexibility index (Phi) is 6.77. The van der Waals surface area contributed by atoms with E-state index in [4.69, 9.17) is 0 Å². The lowest BCUT2D eigenvalue weighted by Gasteiger charge is -2.40. The zero-order valence-corrected chi connectivity index (χ0v) is 19.3. The molecule has 2 heterocycles. The minimum Gasteiger partial charge on any atom is -0.368 e. The van der Waals surface area contributed by atoms with Gasteiger partial charge >= 0.3 is 0 Å². The number of hydrogen-bond acceptors (Lipinski definition) is 3. The fourth-order valence-corrected chi connectivity index (χ4v) is 5.94. The first kappa shape index (κ1) is 21.5. The Hall–Kier alpha value is -2.33. The van der Waals surface area contributed by atoms with Crippen molar-refractivity contribution in [2.45, 2.75) is 51.0 Å².